The molecule has 1 aliphatic heterocycles. The number of carbonyl (C=O) groups excluding carboxylic acids is 1. The molecule has 0 aromatic rings. The van der Waals surface area contributed by atoms with Gasteiger partial charge in [-0.1, -0.05) is 25.5 Å². The van der Waals surface area contributed by atoms with Gasteiger partial charge >= 0.3 is 5.97 Å². The van der Waals surface area contributed by atoms with Crippen molar-refractivity contribution in [2.45, 2.75) is 51.7 Å². The Kier molecular flexibility index (Phi) is 5.57. The zero-order chi connectivity index (χ0) is 18.2. The second-order valence-corrected chi connectivity index (χ2v) is 8.66. The van der Waals surface area contributed by atoms with Crippen LogP contribution in [0, 0.1) is 23.2 Å². The Morgan fingerprint density at radius 2 is 2.20 bits per heavy atom. The standard InChI is InChI=1S/C20H34N2O3/c1-13-7-5-8-14-11-16-17(18(23)20(13,14)2)15(19(24)25-16)12-21-9-6-10-22(3)4/h8,13,15-18,21,23H,5-7,9-12H2,1-4H3. The summed E-state index contributed by atoms with van der Waals surface area (Å²) >= 11 is 0. The summed E-state index contributed by atoms with van der Waals surface area (Å²) in [6, 6.07) is 0. The fourth-order valence-electron chi connectivity index (χ4n) is 5.07. The van der Waals surface area contributed by atoms with E-state index < -0.39 is 6.10 Å². The third-order valence-corrected chi connectivity index (χ3v) is 6.89. The van der Waals surface area contributed by atoms with Crippen LogP contribution in [0.3, 0.4) is 0 Å². The van der Waals surface area contributed by atoms with Crippen LogP contribution in [-0.4, -0.2) is 61.9 Å². The van der Waals surface area contributed by atoms with Crippen LogP contribution in [0.25, 0.3) is 0 Å². The molecule has 3 rings (SSSR count). The van der Waals surface area contributed by atoms with E-state index in [2.05, 4.69) is 44.2 Å². The number of allylic oxidation sites excluding steroid dienone is 1. The lowest BCUT2D eigenvalue weighted by Crippen LogP contribution is -2.54. The van der Waals surface area contributed by atoms with E-state index in [-0.39, 0.29) is 29.3 Å². The van der Waals surface area contributed by atoms with Gasteiger partial charge in [0.25, 0.3) is 0 Å². The maximum atomic E-state index is 12.4. The van der Waals surface area contributed by atoms with E-state index in [0.717, 1.165) is 38.8 Å². The molecule has 0 radical (unpaired) electrons. The van der Waals surface area contributed by atoms with Gasteiger partial charge in [-0.05, 0) is 52.4 Å². The van der Waals surface area contributed by atoms with Gasteiger partial charge in [0.2, 0.25) is 0 Å². The minimum Gasteiger partial charge on any atom is -0.461 e. The van der Waals surface area contributed by atoms with E-state index >= 15 is 0 Å². The Labute approximate surface area is 151 Å². The summed E-state index contributed by atoms with van der Waals surface area (Å²) in [5.74, 6) is -0.0130. The molecule has 1 heterocycles. The van der Waals surface area contributed by atoms with Gasteiger partial charge in [0.1, 0.15) is 6.10 Å². The molecule has 2 aliphatic carbocycles. The van der Waals surface area contributed by atoms with Crippen molar-refractivity contribution in [1.82, 2.24) is 10.2 Å². The van der Waals surface area contributed by atoms with Gasteiger partial charge in [0.15, 0.2) is 0 Å². The number of nitrogens with zero attached hydrogens (tertiary/aromatic N) is 1. The van der Waals surface area contributed by atoms with Crippen molar-refractivity contribution in [1.29, 1.82) is 0 Å². The van der Waals surface area contributed by atoms with Crippen molar-refractivity contribution in [3.05, 3.63) is 11.6 Å². The van der Waals surface area contributed by atoms with Gasteiger partial charge in [-0.15, -0.1) is 0 Å². The van der Waals surface area contributed by atoms with Crippen LogP contribution < -0.4 is 5.32 Å². The topological polar surface area (TPSA) is 61.8 Å². The van der Waals surface area contributed by atoms with Crippen molar-refractivity contribution in [2.75, 3.05) is 33.7 Å². The molecule has 2 N–H and O–H groups in total. The molecule has 1 saturated carbocycles. The third-order valence-electron chi connectivity index (χ3n) is 6.89. The van der Waals surface area contributed by atoms with Gasteiger partial charge in [-0.25, -0.2) is 0 Å². The Morgan fingerprint density at radius 1 is 1.44 bits per heavy atom. The van der Waals surface area contributed by atoms with Gasteiger partial charge in [-0.3, -0.25) is 4.79 Å². The maximum Gasteiger partial charge on any atom is 0.311 e. The van der Waals surface area contributed by atoms with Gasteiger partial charge in [-0.2, -0.15) is 0 Å². The van der Waals surface area contributed by atoms with Crippen LogP contribution >= 0.6 is 0 Å². The molecule has 5 heteroatoms. The molecule has 2 fully saturated rings. The summed E-state index contributed by atoms with van der Waals surface area (Å²) in [5, 5.41) is 14.7. The normalized spacial score (nSPS) is 40.5. The lowest BCUT2D eigenvalue weighted by molar-refractivity contribution is -0.144. The first kappa shape index (κ1) is 18.9. The minimum absolute atomic E-state index is 0.0865. The second-order valence-electron chi connectivity index (χ2n) is 8.66. The van der Waals surface area contributed by atoms with Gasteiger partial charge in [0, 0.05) is 24.3 Å². The van der Waals surface area contributed by atoms with E-state index in [1.165, 1.54) is 5.57 Å². The number of fused-ring (bicyclic) bond motifs is 2. The number of aliphatic hydroxyl groups is 1. The van der Waals surface area contributed by atoms with Crippen LogP contribution in [0.4, 0.5) is 0 Å². The molecule has 5 nitrogen and oxygen atoms in total. The minimum atomic E-state index is -0.507. The molecular weight excluding hydrogens is 316 g/mol. The quantitative estimate of drug-likeness (QED) is 0.435. The molecule has 25 heavy (non-hydrogen) atoms. The number of aliphatic hydroxyl groups excluding tert-OH is 1. The fraction of sp³-hybridized carbons (Fsp3) is 0.850. The molecule has 0 spiro atoms. The number of hydrogen-bond acceptors (Lipinski definition) is 5. The Morgan fingerprint density at radius 3 is 2.92 bits per heavy atom. The largest absolute Gasteiger partial charge is 0.461 e. The second kappa shape index (κ2) is 7.37. The van der Waals surface area contributed by atoms with E-state index in [9.17, 15) is 9.90 Å². The predicted molar refractivity (Wildman–Crippen MR) is 98.1 cm³/mol. The van der Waals surface area contributed by atoms with Gasteiger partial charge in [0.05, 0.1) is 12.0 Å². The van der Waals surface area contributed by atoms with Crippen LogP contribution in [-0.2, 0) is 9.53 Å². The highest BCUT2D eigenvalue weighted by atomic mass is 16.6. The average Bonchev–Trinajstić information content (AvgIpc) is 2.86. The summed E-state index contributed by atoms with van der Waals surface area (Å²) in [5.41, 5.74) is 1.09. The summed E-state index contributed by atoms with van der Waals surface area (Å²) in [6.45, 7) is 6.94. The monoisotopic (exact) mass is 350 g/mol. The Balaban J connectivity index is 1.68. The summed E-state index contributed by atoms with van der Waals surface area (Å²) in [4.78, 5) is 14.6. The molecule has 0 aromatic carbocycles. The van der Waals surface area contributed by atoms with Crippen LogP contribution in [0.1, 0.15) is 39.5 Å². The number of carbonyl (C=O) groups is 1. The lowest BCUT2D eigenvalue weighted by Gasteiger charge is -2.51. The molecule has 0 bridgehead atoms. The maximum absolute atomic E-state index is 12.4. The summed E-state index contributed by atoms with van der Waals surface area (Å²) in [7, 11) is 4.13. The van der Waals surface area contributed by atoms with E-state index in [1.807, 2.05) is 0 Å². The fourth-order valence-corrected chi connectivity index (χ4v) is 5.07. The number of nitrogens with one attached hydrogen (secondary N) is 1. The first-order valence-electron chi connectivity index (χ1n) is 9.79. The molecule has 0 amide bonds. The van der Waals surface area contributed by atoms with Crippen molar-refractivity contribution >= 4 is 5.97 Å². The molecule has 6 atom stereocenters. The smallest absolute Gasteiger partial charge is 0.311 e. The molecule has 1 saturated heterocycles. The van der Waals surface area contributed by atoms with Crippen molar-refractivity contribution in [3.63, 3.8) is 0 Å². The number of esters is 1. The zero-order valence-electron chi connectivity index (χ0n) is 16.1. The van der Waals surface area contributed by atoms with E-state index in [4.69, 9.17) is 4.74 Å². The lowest BCUT2D eigenvalue weighted by atomic mass is 9.55. The van der Waals surface area contributed by atoms with Gasteiger partial charge < -0.3 is 20.1 Å². The van der Waals surface area contributed by atoms with Crippen molar-refractivity contribution in [2.24, 2.45) is 23.2 Å². The molecule has 0 aromatic heterocycles. The van der Waals surface area contributed by atoms with Crippen LogP contribution in [0.2, 0.25) is 0 Å². The Hall–Kier alpha value is -0.910. The highest BCUT2D eigenvalue weighted by molar-refractivity contribution is 5.76. The highest BCUT2D eigenvalue weighted by Gasteiger charge is 2.59. The molecular formula is C20H34N2O3. The Bertz CT molecular complexity index is 533. The predicted octanol–water partition coefficient (Wildman–Crippen LogP) is 1.81. The van der Waals surface area contributed by atoms with Crippen molar-refractivity contribution < 1.29 is 14.6 Å². The molecule has 3 aliphatic rings. The van der Waals surface area contributed by atoms with E-state index in [0.29, 0.717) is 12.5 Å². The average molecular weight is 351 g/mol. The zero-order valence-corrected chi connectivity index (χ0v) is 16.1. The van der Waals surface area contributed by atoms with Crippen LogP contribution in [0.5, 0.6) is 0 Å². The van der Waals surface area contributed by atoms with Crippen LogP contribution in [0.15, 0.2) is 11.6 Å². The SMILES string of the molecule is CC1CCC=C2CC3OC(=O)C(CNCCCN(C)C)C3C(O)C21C. The molecule has 142 valence electrons. The summed E-state index contributed by atoms with van der Waals surface area (Å²) in [6.07, 6.45) is 5.64. The first-order valence-corrected chi connectivity index (χ1v) is 9.79. The number of hydrogen-bond donors (Lipinski definition) is 2. The van der Waals surface area contributed by atoms with E-state index in [1.54, 1.807) is 0 Å². The van der Waals surface area contributed by atoms with Crippen molar-refractivity contribution in [3.8, 4) is 0 Å². The molecule has 6 unspecified atom stereocenters. The summed E-state index contributed by atoms with van der Waals surface area (Å²) < 4.78 is 5.68. The number of ether oxygens (including phenoxy) is 1. The third kappa shape index (κ3) is 3.38. The highest BCUT2D eigenvalue weighted by Crippen LogP contribution is 2.55. The number of rotatable bonds is 6. The first-order chi connectivity index (χ1) is 11.9.